The van der Waals surface area contributed by atoms with Crippen LogP contribution >= 0.6 is 11.3 Å². The third kappa shape index (κ3) is 2.76. The van der Waals surface area contributed by atoms with Crippen molar-refractivity contribution in [2.75, 3.05) is 12.4 Å². The maximum atomic E-state index is 9.21. The molecule has 0 saturated carbocycles. The molecule has 3 heteroatoms. The van der Waals surface area contributed by atoms with Gasteiger partial charge >= 0.3 is 0 Å². The Kier molecular flexibility index (Phi) is 5.34. The third-order valence-corrected chi connectivity index (χ3v) is 4.00. The van der Waals surface area contributed by atoms with Crippen molar-refractivity contribution in [3.8, 4) is 6.07 Å². The first-order chi connectivity index (χ1) is 7.78. The van der Waals surface area contributed by atoms with Gasteiger partial charge in [0.25, 0.3) is 0 Å². The minimum absolute atomic E-state index is 0.875. The van der Waals surface area contributed by atoms with E-state index in [1.807, 2.05) is 7.05 Å². The Bertz CT molecular complexity index is 374. The highest BCUT2D eigenvalue weighted by Gasteiger charge is 2.15. The highest BCUT2D eigenvalue weighted by Crippen LogP contribution is 2.34. The maximum absolute atomic E-state index is 9.21. The number of thiophene rings is 1. The molecule has 88 valence electrons. The van der Waals surface area contributed by atoms with Gasteiger partial charge < -0.3 is 5.32 Å². The van der Waals surface area contributed by atoms with Crippen molar-refractivity contribution in [1.29, 1.82) is 5.26 Å². The molecule has 0 aliphatic rings. The molecule has 0 aliphatic carbocycles. The largest absolute Gasteiger partial charge is 0.379 e. The van der Waals surface area contributed by atoms with E-state index < -0.39 is 0 Å². The van der Waals surface area contributed by atoms with Gasteiger partial charge in [0.2, 0.25) is 0 Å². The van der Waals surface area contributed by atoms with E-state index in [9.17, 15) is 5.26 Å². The molecular formula is C13H20N2S. The number of hydrogen-bond donors (Lipinski definition) is 1. The Labute approximate surface area is 102 Å². The second kappa shape index (κ2) is 6.55. The highest BCUT2D eigenvalue weighted by atomic mass is 32.1. The first-order valence-corrected chi connectivity index (χ1v) is 6.82. The zero-order chi connectivity index (χ0) is 12.0. The number of unbranched alkanes of at least 4 members (excludes halogenated alkanes) is 1. The van der Waals surface area contributed by atoms with Gasteiger partial charge in [-0.15, -0.1) is 11.3 Å². The summed E-state index contributed by atoms with van der Waals surface area (Å²) in [6.45, 7) is 4.37. The summed E-state index contributed by atoms with van der Waals surface area (Å²) < 4.78 is 0. The molecule has 0 aliphatic heterocycles. The van der Waals surface area contributed by atoms with Crippen molar-refractivity contribution >= 4 is 16.3 Å². The Balaban J connectivity index is 3.05. The van der Waals surface area contributed by atoms with Crippen molar-refractivity contribution in [2.24, 2.45) is 0 Å². The Morgan fingerprint density at radius 2 is 2.00 bits per heavy atom. The summed E-state index contributed by atoms with van der Waals surface area (Å²) in [5.74, 6) is 0. The molecule has 0 radical (unpaired) electrons. The Hall–Kier alpha value is -1.01. The predicted molar refractivity (Wildman–Crippen MR) is 71.2 cm³/mol. The van der Waals surface area contributed by atoms with E-state index in [1.54, 1.807) is 11.3 Å². The monoisotopic (exact) mass is 236 g/mol. The van der Waals surface area contributed by atoms with Crippen LogP contribution < -0.4 is 5.32 Å². The second-order valence-corrected chi connectivity index (χ2v) is 5.03. The van der Waals surface area contributed by atoms with E-state index in [4.69, 9.17) is 0 Å². The molecule has 0 aromatic carbocycles. The summed E-state index contributed by atoms with van der Waals surface area (Å²) >= 11 is 1.76. The topological polar surface area (TPSA) is 35.8 Å². The van der Waals surface area contributed by atoms with Gasteiger partial charge in [0.15, 0.2) is 0 Å². The average molecular weight is 236 g/mol. The molecule has 0 fully saturated rings. The van der Waals surface area contributed by atoms with E-state index >= 15 is 0 Å². The van der Waals surface area contributed by atoms with Crippen LogP contribution in [0.1, 0.15) is 49.1 Å². The molecule has 1 aromatic rings. The van der Waals surface area contributed by atoms with Crippen LogP contribution in [0.4, 0.5) is 5.00 Å². The van der Waals surface area contributed by atoms with Crippen LogP contribution in [0.3, 0.4) is 0 Å². The predicted octanol–water partition coefficient (Wildman–Crippen LogP) is 3.96. The minimum atomic E-state index is 0.875. The van der Waals surface area contributed by atoms with Crippen LogP contribution in [-0.2, 0) is 12.8 Å². The summed E-state index contributed by atoms with van der Waals surface area (Å²) in [5.41, 5.74) is 2.16. The molecule has 1 rings (SSSR count). The normalized spacial score (nSPS) is 10.1. The van der Waals surface area contributed by atoms with Gasteiger partial charge in [-0.25, -0.2) is 0 Å². The number of nitriles is 1. The van der Waals surface area contributed by atoms with Crippen molar-refractivity contribution in [2.45, 2.75) is 46.0 Å². The smallest absolute Gasteiger partial charge is 0.107 e. The van der Waals surface area contributed by atoms with Gasteiger partial charge in [-0.05, 0) is 24.8 Å². The van der Waals surface area contributed by atoms with Gasteiger partial charge in [-0.3, -0.25) is 0 Å². The van der Waals surface area contributed by atoms with E-state index in [0.29, 0.717) is 0 Å². The fourth-order valence-corrected chi connectivity index (χ4v) is 3.05. The first-order valence-electron chi connectivity index (χ1n) is 6.00. The molecular weight excluding hydrogens is 216 g/mol. The fraction of sp³-hybridized carbons (Fsp3) is 0.615. The zero-order valence-electron chi connectivity index (χ0n) is 10.4. The summed E-state index contributed by atoms with van der Waals surface area (Å²) in [4.78, 5) is 1.41. The lowest BCUT2D eigenvalue weighted by molar-refractivity contribution is 0.791. The van der Waals surface area contributed by atoms with Crippen LogP contribution in [-0.4, -0.2) is 7.05 Å². The number of hydrogen-bond acceptors (Lipinski definition) is 3. The summed E-state index contributed by atoms with van der Waals surface area (Å²) in [7, 11) is 1.89. The molecule has 0 unspecified atom stereocenters. The third-order valence-electron chi connectivity index (χ3n) is 2.69. The van der Waals surface area contributed by atoms with Gasteiger partial charge in [0, 0.05) is 11.9 Å². The van der Waals surface area contributed by atoms with Gasteiger partial charge in [0.05, 0.1) is 5.56 Å². The number of nitrogens with one attached hydrogen (secondary N) is 1. The maximum Gasteiger partial charge on any atom is 0.107 e. The molecule has 0 atom stereocenters. The van der Waals surface area contributed by atoms with Crippen molar-refractivity contribution in [3.05, 3.63) is 16.0 Å². The molecule has 0 saturated heterocycles. The Morgan fingerprint density at radius 1 is 1.25 bits per heavy atom. The van der Waals surface area contributed by atoms with E-state index in [1.165, 1.54) is 23.3 Å². The lowest BCUT2D eigenvalue weighted by Gasteiger charge is -2.01. The van der Waals surface area contributed by atoms with E-state index in [-0.39, 0.29) is 0 Å². The van der Waals surface area contributed by atoms with Crippen molar-refractivity contribution in [1.82, 2.24) is 0 Å². The molecule has 0 spiro atoms. The van der Waals surface area contributed by atoms with E-state index in [0.717, 1.165) is 29.8 Å². The van der Waals surface area contributed by atoms with Crippen molar-refractivity contribution in [3.63, 3.8) is 0 Å². The first kappa shape index (κ1) is 13.1. The average Bonchev–Trinajstić information content (AvgIpc) is 2.64. The molecule has 0 amide bonds. The number of nitrogens with zero attached hydrogens (tertiary/aromatic N) is 1. The van der Waals surface area contributed by atoms with Crippen LogP contribution in [0.15, 0.2) is 0 Å². The number of aryl methyl sites for hydroxylation is 1. The molecule has 16 heavy (non-hydrogen) atoms. The lowest BCUT2D eigenvalue weighted by Crippen LogP contribution is -1.93. The summed E-state index contributed by atoms with van der Waals surface area (Å²) in [6.07, 6.45) is 5.67. The molecule has 1 N–H and O–H groups in total. The highest BCUT2D eigenvalue weighted by molar-refractivity contribution is 7.16. The molecule has 1 heterocycles. The molecule has 2 nitrogen and oxygen atoms in total. The summed E-state index contributed by atoms with van der Waals surface area (Å²) in [6, 6.07) is 2.34. The van der Waals surface area contributed by atoms with E-state index in [2.05, 4.69) is 25.2 Å². The molecule has 1 aromatic heterocycles. The van der Waals surface area contributed by atoms with Gasteiger partial charge in [0.1, 0.15) is 11.1 Å². The summed E-state index contributed by atoms with van der Waals surface area (Å²) in [5, 5.41) is 13.4. The standard InChI is InChI=1S/C13H20N2S/c1-4-6-8-12-10(7-5-2)11(9-14)13(15-3)16-12/h15H,4-8H2,1-3H3. The van der Waals surface area contributed by atoms with Gasteiger partial charge in [-0.1, -0.05) is 26.7 Å². The van der Waals surface area contributed by atoms with Crippen molar-refractivity contribution < 1.29 is 0 Å². The van der Waals surface area contributed by atoms with Crippen LogP contribution in [0.2, 0.25) is 0 Å². The number of anilines is 1. The fourth-order valence-electron chi connectivity index (χ4n) is 1.86. The Morgan fingerprint density at radius 3 is 2.50 bits per heavy atom. The quantitative estimate of drug-likeness (QED) is 0.811. The van der Waals surface area contributed by atoms with Crippen LogP contribution in [0.5, 0.6) is 0 Å². The van der Waals surface area contributed by atoms with Gasteiger partial charge in [-0.2, -0.15) is 5.26 Å². The SMILES string of the molecule is CCCCc1sc(NC)c(C#N)c1CCC. The van der Waals surface area contributed by atoms with Crippen LogP contribution in [0, 0.1) is 11.3 Å². The second-order valence-electron chi connectivity index (χ2n) is 3.92. The lowest BCUT2D eigenvalue weighted by atomic mass is 10.0. The number of rotatable bonds is 6. The zero-order valence-corrected chi connectivity index (χ0v) is 11.2. The molecule has 0 bridgehead atoms. The minimum Gasteiger partial charge on any atom is -0.379 e. The van der Waals surface area contributed by atoms with Crippen LogP contribution in [0.25, 0.3) is 0 Å².